The van der Waals surface area contributed by atoms with Crippen LogP contribution < -0.4 is 16.0 Å². The van der Waals surface area contributed by atoms with E-state index >= 15 is 0 Å². The van der Waals surface area contributed by atoms with Crippen LogP contribution in [0, 0.1) is 11.8 Å². The Labute approximate surface area is 260 Å². The number of amides is 2. The summed E-state index contributed by atoms with van der Waals surface area (Å²) in [6.45, 7) is 8.67. The highest BCUT2D eigenvalue weighted by atomic mass is 35.5. The number of hydrogen-bond donors (Lipinski definition) is 2. The van der Waals surface area contributed by atoms with Crippen molar-refractivity contribution in [1.29, 1.82) is 0 Å². The predicted molar refractivity (Wildman–Crippen MR) is 168 cm³/mol. The van der Waals surface area contributed by atoms with Crippen molar-refractivity contribution in [2.75, 3.05) is 18.0 Å². The second-order valence-electron chi connectivity index (χ2n) is 12.7. The van der Waals surface area contributed by atoms with Crippen molar-refractivity contribution in [3.05, 3.63) is 40.1 Å². The number of imidazole rings is 1. The number of anilines is 1. The van der Waals surface area contributed by atoms with Crippen LogP contribution in [0.2, 0.25) is 5.02 Å². The van der Waals surface area contributed by atoms with Gasteiger partial charge in [-0.05, 0) is 56.6 Å². The van der Waals surface area contributed by atoms with Crippen LogP contribution in [0.15, 0.2) is 33.8 Å². The molecule has 1 unspecified atom stereocenters. The molecule has 44 heavy (non-hydrogen) atoms. The van der Waals surface area contributed by atoms with E-state index in [1.807, 2.05) is 17.0 Å². The third-order valence-corrected chi connectivity index (χ3v) is 9.58. The maximum Gasteiger partial charge on any atom is 0.439 e. The fourth-order valence-electron chi connectivity index (χ4n) is 7.04. The Balaban J connectivity index is 1.37. The number of fused-ring (bicyclic) bond motifs is 2. The van der Waals surface area contributed by atoms with Crippen molar-refractivity contribution in [3.8, 4) is 22.8 Å². The van der Waals surface area contributed by atoms with Gasteiger partial charge in [0.1, 0.15) is 5.69 Å². The van der Waals surface area contributed by atoms with E-state index in [0.29, 0.717) is 35.4 Å². The Bertz CT molecular complexity index is 1740. The average Bonchev–Trinajstić information content (AvgIpc) is 3.55. The van der Waals surface area contributed by atoms with Crippen LogP contribution in [0.3, 0.4) is 0 Å². The minimum Gasteiger partial charge on any atom is -0.338 e. The number of urea groups is 1. The number of nitrogens with zero attached hydrogens (tertiary/aromatic N) is 7. The highest BCUT2D eigenvalue weighted by Crippen LogP contribution is 2.44. The van der Waals surface area contributed by atoms with Crippen LogP contribution in [-0.4, -0.2) is 71.8 Å². The number of rotatable bonds is 7. The van der Waals surface area contributed by atoms with E-state index in [2.05, 4.69) is 50.7 Å². The van der Waals surface area contributed by atoms with E-state index in [9.17, 15) is 9.59 Å². The molecule has 4 aromatic heterocycles. The van der Waals surface area contributed by atoms with E-state index < -0.39 is 5.76 Å². The lowest BCUT2D eigenvalue weighted by Crippen LogP contribution is -2.56. The Morgan fingerprint density at radius 3 is 2.68 bits per heavy atom. The van der Waals surface area contributed by atoms with Crippen molar-refractivity contribution < 1.29 is 9.32 Å². The Hall–Kier alpha value is -3.93. The molecule has 3 aliphatic rings. The predicted octanol–water partition coefficient (Wildman–Crippen LogP) is 5.09. The average molecular weight is 620 g/mol. The van der Waals surface area contributed by atoms with Crippen molar-refractivity contribution in [2.24, 2.45) is 11.8 Å². The monoisotopic (exact) mass is 619 g/mol. The molecule has 0 spiro atoms. The van der Waals surface area contributed by atoms with Crippen LogP contribution in [0.4, 0.5) is 10.7 Å². The molecule has 7 rings (SSSR count). The van der Waals surface area contributed by atoms with Gasteiger partial charge < -0.3 is 19.7 Å². The summed E-state index contributed by atoms with van der Waals surface area (Å²) in [7, 11) is 0. The van der Waals surface area contributed by atoms with Gasteiger partial charge in [-0.1, -0.05) is 43.4 Å². The minimum absolute atomic E-state index is 0.0156. The molecule has 0 radical (unpaired) electrons. The van der Waals surface area contributed by atoms with Gasteiger partial charge in [0.2, 0.25) is 11.8 Å². The molecule has 12 nitrogen and oxygen atoms in total. The molecule has 232 valence electrons. The lowest BCUT2D eigenvalue weighted by molar-refractivity contribution is 0.181. The lowest BCUT2D eigenvalue weighted by atomic mass is 9.83. The Morgan fingerprint density at radius 1 is 1.14 bits per heavy atom. The number of aromatic amines is 1. The quantitative estimate of drug-likeness (QED) is 0.292. The van der Waals surface area contributed by atoms with E-state index in [1.165, 1.54) is 12.8 Å². The van der Waals surface area contributed by atoms with Gasteiger partial charge in [0, 0.05) is 43.6 Å². The van der Waals surface area contributed by atoms with Crippen LogP contribution in [0.25, 0.3) is 33.8 Å². The summed E-state index contributed by atoms with van der Waals surface area (Å²) in [5, 5.41) is 7.47. The van der Waals surface area contributed by atoms with Gasteiger partial charge in [-0.3, -0.25) is 14.5 Å². The number of piperazine rings is 1. The normalized spacial score (nSPS) is 24.9. The Kier molecular flexibility index (Phi) is 7.55. The maximum absolute atomic E-state index is 13.0. The van der Waals surface area contributed by atoms with Crippen LogP contribution in [-0.2, 0) is 6.54 Å². The second-order valence-corrected chi connectivity index (χ2v) is 13.2. The summed E-state index contributed by atoms with van der Waals surface area (Å²) in [6.07, 6.45) is 9.90. The first kappa shape index (κ1) is 28.8. The van der Waals surface area contributed by atoms with Crippen molar-refractivity contribution in [1.82, 2.24) is 39.9 Å². The fraction of sp³-hybridized carbons (Fsp3) is 0.548. The molecule has 1 saturated heterocycles. The van der Waals surface area contributed by atoms with E-state index in [4.69, 9.17) is 26.1 Å². The standard InChI is InChI=1S/C31H38ClN9O3/c1-4-9-34-30(42)39-15-18(3)41(25-12-24(25)39)29-36-22-11-23(28-37-31(43)44-38-28)35-26(20-10-21(32)14-33-13-20)27(22)40(29)16-19-7-5-17(2)6-8-19/h10-11,13-14,17-19,24-25H,4-9,12,15-16H2,1-3H3,(H,34,42)(H,37,38,43)/t17?,18-,19?,24?,25-/m1/s1. The van der Waals surface area contributed by atoms with Gasteiger partial charge >= 0.3 is 11.8 Å². The summed E-state index contributed by atoms with van der Waals surface area (Å²) in [4.78, 5) is 46.5. The largest absolute Gasteiger partial charge is 0.439 e. The first-order valence-electron chi connectivity index (χ1n) is 15.7. The summed E-state index contributed by atoms with van der Waals surface area (Å²) < 4.78 is 7.15. The van der Waals surface area contributed by atoms with Crippen LogP contribution in [0.5, 0.6) is 0 Å². The minimum atomic E-state index is -0.653. The SMILES string of the molecule is CCCNC(=O)N1C[C@@H](C)N(c2nc3cc(-c4noc(=O)[nH]4)nc(-c4cncc(Cl)c4)c3n2CC2CCC(C)CC2)[C@@H]2CC21. The molecule has 13 heteroatoms. The molecule has 3 atom stereocenters. The molecule has 3 fully saturated rings. The molecular weight excluding hydrogens is 582 g/mol. The number of halogens is 1. The third-order valence-electron chi connectivity index (χ3n) is 9.38. The molecular formula is C31H38ClN9O3. The van der Waals surface area contributed by atoms with Gasteiger partial charge in [-0.15, -0.1) is 0 Å². The summed E-state index contributed by atoms with van der Waals surface area (Å²) in [5.41, 5.74) is 3.48. The number of hydrogen-bond acceptors (Lipinski definition) is 8. The van der Waals surface area contributed by atoms with Gasteiger partial charge in [-0.25, -0.2) is 19.6 Å². The van der Waals surface area contributed by atoms with Crippen LogP contribution >= 0.6 is 11.6 Å². The number of pyridine rings is 2. The molecule has 2 N–H and O–H groups in total. The number of carbonyl (C=O) groups is 1. The van der Waals surface area contributed by atoms with Gasteiger partial charge in [0.05, 0.1) is 33.8 Å². The molecule has 4 aromatic rings. The van der Waals surface area contributed by atoms with E-state index in [1.54, 1.807) is 12.4 Å². The number of nitrogens with one attached hydrogen (secondary N) is 2. The zero-order valence-corrected chi connectivity index (χ0v) is 26.0. The summed E-state index contributed by atoms with van der Waals surface area (Å²) >= 11 is 6.42. The Morgan fingerprint density at radius 2 is 1.95 bits per heavy atom. The maximum atomic E-state index is 13.0. The molecule has 1 aliphatic heterocycles. The van der Waals surface area contributed by atoms with Gasteiger partial charge in [0.15, 0.2) is 0 Å². The van der Waals surface area contributed by atoms with Crippen molar-refractivity contribution in [3.63, 3.8) is 0 Å². The second kappa shape index (κ2) is 11.5. The topological polar surface area (TPSA) is 138 Å². The molecule has 2 saturated carbocycles. The van der Waals surface area contributed by atoms with E-state index in [-0.39, 0.29) is 30.0 Å². The van der Waals surface area contributed by atoms with Gasteiger partial charge in [-0.2, -0.15) is 0 Å². The molecule has 2 amide bonds. The van der Waals surface area contributed by atoms with Crippen LogP contribution in [0.1, 0.15) is 59.3 Å². The first-order valence-corrected chi connectivity index (χ1v) is 16.1. The molecule has 2 aliphatic carbocycles. The molecule has 0 aromatic carbocycles. The van der Waals surface area contributed by atoms with Crippen molar-refractivity contribution in [2.45, 2.75) is 84.0 Å². The lowest BCUT2D eigenvalue weighted by Gasteiger charge is -2.40. The zero-order valence-electron chi connectivity index (χ0n) is 25.3. The zero-order chi connectivity index (χ0) is 30.5. The number of aromatic nitrogens is 6. The smallest absolute Gasteiger partial charge is 0.338 e. The highest BCUT2D eigenvalue weighted by molar-refractivity contribution is 6.30. The third kappa shape index (κ3) is 5.33. The summed E-state index contributed by atoms with van der Waals surface area (Å²) in [5.74, 6) is 1.71. The van der Waals surface area contributed by atoms with Crippen molar-refractivity contribution >= 4 is 34.6 Å². The van der Waals surface area contributed by atoms with E-state index in [0.717, 1.165) is 60.7 Å². The number of carbonyl (C=O) groups excluding carboxylic acids is 1. The molecule has 0 bridgehead atoms. The highest BCUT2D eigenvalue weighted by Gasteiger charge is 2.54. The first-order chi connectivity index (χ1) is 21.3. The number of H-pyrrole nitrogens is 1. The fourth-order valence-corrected chi connectivity index (χ4v) is 7.21. The van der Waals surface area contributed by atoms with Gasteiger partial charge in [0.25, 0.3) is 0 Å². The molecule has 5 heterocycles. The summed E-state index contributed by atoms with van der Waals surface area (Å²) in [6, 6.07) is 4.11.